The number of carbonyl (C=O) groups excluding carboxylic acids is 1. The summed E-state index contributed by atoms with van der Waals surface area (Å²) in [6, 6.07) is 7.37. The Hall–Kier alpha value is -1.60. The maximum absolute atomic E-state index is 13.0. The lowest BCUT2D eigenvalue weighted by atomic mass is 9.97. The standard InChI is InChI=1S/C22H32F3N3O/c1-17(2)14-26-10-12-28(13-11-26)21(29)19-7-5-18(6-8-19)15-27-9-3-4-20(16-27)22(23,24)25/h5-8,17,20H,3-4,9-16H2,1-2H3. The van der Waals surface area contributed by atoms with Crippen LogP contribution in [0.1, 0.15) is 42.6 Å². The number of likely N-dealkylation sites (tertiary alicyclic amines) is 1. The number of rotatable bonds is 5. The number of amides is 1. The van der Waals surface area contributed by atoms with Gasteiger partial charge in [0.1, 0.15) is 0 Å². The number of piperidine rings is 1. The molecule has 2 saturated heterocycles. The molecule has 0 aliphatic carbocycles. The van der Waals surface area contributed by atoms with Crippen molar-refractivity contribution in [1.82, 2.24) is 14.7 Å². The first-order chi connectivity index (χ1) is 13.7. The van der Waals surface area contributed by atoms with Crippen molar-refractivity contribution in [1.29, 1.82) is 0 Å². The molecule has 1 atom stereocenters. The molecule has 162 valence electrons. The van der Waals surface area contributed by atoms with Crippen molar-refractivity contribution in [2.45, 2.75) is 39.4 Å². The van der Waals surface area contributed by atoms with Crippen LogP contribution in [0.3, 0.4) is 0 Å². The summed E-state index contributed by atoms with van der Waals surface area (Å²) in [4.78, 5) is 18.9. The highest BCUT2D eigenvalue weighted by atomic mass is 19.4. The summed E-state index contributed by atoms with van der Waals surface area (Å²) in [5.41, 5.74) is 1.60. The maximum Gasteiger partial charge on any atom is 0.393 e. The first kappa shape index (κ1) is 22.1. The van der Waals surface area contributed by atoms with E-state index in [9.17, 15) is 18.0 Å². The summed E-state index contributed by atoms with van der Waals surface area (Å²) in [7, 11) is 0. The highest BCUT2D eigenvalue weighted by molar-refractivity contribution is 5.94. The third kappa shape index (κ3) is 6.19. The van der Waals surface area contributed by atoms with Crippen LogP contribution in [-0.4, -0.2) is 72.6 Å². The number of alkyl halides is 3. The van der Waals surface area contributed by atoms with Gasteiger partial charge >= 0.3 is 6.18 Å². The van der Waals surface area contributed by atoms with E-state index in [2.05, 4.69) is 18.7 Å². The second-order valence-corrected chi connectivity index (χ2v) is 8.80. The Balaban J connectivity index is 1.52. The molecule has 0 saturated carbocycles. The molecule has 0 spiro atoms. The van der Waals surface area contributed by atoms with Crippen LogP contribution in [0.5, 0.6) is 0 Å². The number of nitrogens with zero attached hydrogens (tertiary/aromatic N) is 3. The Morgan fingerprint density at radius 1 is 1.03 bits per heavy atom. The fourth-order valence-electron chi connectivity index (χ4n) is 4.31. The van der Waals surface area contributed by atoms with Gasteiger partial charge in [0.15, 0.2) is 0 Å². The molecule has 1 aromatic carbocycles. The van der Waals surface area contributed by atoms with Crippen molar-refractivity contribution in [3.63, 3.8) is 0 Å². The minimum Gasteiger partial charge on any atom is -0.336 e. The van der Waals surface area contributed by atoms with E-state index >= 15 is 0 Å². The zero-order valence-corrected chi connectivity index (χ0v) is 17.4. The quantitative estimate of drug-likeness (QED) is 0.736. The van der Waals surface area contributed by atoms with Crippen molar-refractivity contribution in [3.8, 4) is 0 Å². The molecular weight excluding hydrogens is 379 g/mol. The van der Waals surface area contributed by atoms with E-state index in [0.29, 0.717) is 31.0 Å². The number of halogens is 3. The molecule has 3 rings (SSSR count). The van der Waals surface area contributed by atoms with Gasteiger partial charge in [-0.3, -0.25) is 14.6 Å². The van der Waals surface area contributed by atoms with Crippen LogP contribution in [0.4, 0.5) is 13.2 Å². The predicted octanol–water partition coefficient (Wildman–Crippen LogP) is 3.87. The summed E-state index contributed by atoms with van der Waals surface area (Å²) >= 11 is 0. The first-order valence-corrected chi connectivity index (χ1v) is 10.6. The molecule has 0 radical (unpaired) electrons. The van der Waals surface area contributed by atoms with E-state index in [-0.39, 0.29) is 18.9 Å². The number of hydrogen-bond acceptors (Lipinski definition) is 3. The largest absolute Gasteiger partial charge is 0.393 e. The smallest absolute Gasteiger partial charge is 0.336 e. The fourth-order valence-corrected chi connectivity index (χ4v) is 4.31. The number of benzene rings is 1. The van der Waals surface area contributed by atoms with Gasteiger partial charge in [-0.05, 0) is 43.0 Å². The molecule has 0 aromatic heterocycles. The molecule has 1 aromatic rings. The first-order valence-electron chi connectivity index (χ1n) is 10.6. The fraction of sp³-hybridized carbons (Fsp3) is 0.682. The van der Waals surface area contributed by atoms with Gasteiger partial charge in [-0.15, -0.1) is 0 Å². The van der Waals surface area contributed by atoms with Gasteiger partial charge in [0.05, 0.1) is 5.92 Å². The lowest BCUT2D eigenvalue weighted by molar-refractivity contribution is -0.187. The summed E-state index contributed by atoms with van der Waals surface area (Å²) in [6.45, 7) is 9.98. The van der Waals surface area contributed by atoms with Crippen LogP contribution >= 0.6 is 0 Å². The van der Waals surface area contributed by atoms with Gasteiger partial charge in [-0.25, -0.2) is 0 Å². The number of carbonyl (C=O) groups is 1. The highest BCUT2D eigenvalue weighted by Crippen LogP contribution is 2.33. The third-order valence-electron chi connectivity index (χ3n) is 5.86. The van der Waals surface area contributed by atoms with Crippen LogP contribution in [-0.2, 0) is 6.54 Å². The Morgan fingerprint density at radius 2 is 1.69 bits per heavy atom. The van der Waals surface area contributed by atoms with Crippen molar-refractivity contribution in [3.05, 3.63) is 35.4 Å². The van der Waals surface area contributed by atoms with Gasteiger partial charge in [-0.2, -0.15) is 13.2 Å². The van der Waals surface area contributed by atoms with Gasteiger partial charge in [-0.1, -0.05) is 26.0 Å². The molecule has 0 N–H and O–H groups in total. The molecule has 1 unspecified atom stereocenters. The average Bonchev–Trinajstić information content (AvgIpc) is 2.68. The molecule has 2 aliphatic rings. The van der Waals surface area contributed by atoms with E-state index in [1.54, 1.807) is 0 Å². The lowest BCUT2D eigenvalue weighted by Gasteiger charge is -2.35. The van der Waals surface area contributed by atoms with Crippen LogP contribution < -0.4 is 0 Å². The van der Waals surface area contributed by atoms with E-state index in [1.807, 2.05) is 34.1 Å². The lowest BCUT2D eigenvalue weighted by Crippen LogP contribution is -2.49. The van der Waals surface area contributed by atoms with Gasteiger partial charge in [0, 0.05) is 51.4 Å². The molecule has 29 heavy (non-hydrogen) atoms. The molecule has 2 aliphatic heterocycles. The Kier molecular flexibility index (Phi) is 7.22. The van der Waals surface area contributed by atoms with Crippen molar-refractivity contribution in [2.75, 3.05) is 45.8 Å². The molecular formula is C22H32F3N3O. The summed E-state index contributed by atoms with van der Waals surface area (Å²) in [6.07, 6.45) is -3.32. The van der Waals surface area contributed by atoms with Crippen LogP contribution in [0.2, 0.25) is 0 Å². The predicted molar refractivity (Wildman–Crippen MR) is 108 cm³/mol. The molecule has 2 fully saturated rings. The number of hydrogen-bond donors (Lipinski definition) is 0. The molecule has 4 nitrogen and oxygen atoms in total. The van der Waals surface area contributed by atoms with Gasteiger partial charge in [0.25, 0.3) is 5.91 Å². The molecule has 1 amide bonds. The van der Waals surface area contributed by atoms with Crippen molar-refractivity contribution in [2.24, 2.45) is 11.8 Å². The Bertz CT molecular complexity index is 667. The normalized spacial score (nSPS) is 22.3. The van der Waals surface area contributed by atoms with Crippen LogP contribution in [0.15, 0.2) is 24.3 Å². The van der Waals surface area contributed by atoms with Gasteiger partial charge < -0.3 is 4.90 Å². The molecule has 0 bridgehead atoms. The topological polar surface area (TPSA) is 26.8 Å². The summed E-state index contributed by atoms with van der Waals surface area (Å²) in [5, 5.41) is 0. The zero-order chi connectivity index (χ0) is 21.0. The maximum atomic E-state index is 13.0. The zero-order valence-electron chi connectivity index (χ0n) is 17.4. The Morgan fingerprint density at radius 3 is 2.28 bits per heavy atom. The van der Waals surface area contributed by atoms with E-state index in [0.717, 1.165) is 38.3 Å². The minimum absolute atomic E-state index is 0.0378. The van der Waals surface area contributed by atoms with Crippen molar-refractivity contribution >= 4 is 5.91 Å². The summed E-state index contributed by atoms with van der Waals surface area (Å²) < 4.78 is 39.0. The monoisotopic (exact) mass is 411 g/mol. The average molecular weight is 412 g/mol. The van der Waals surface area contributed by atoms with E-state index in [1.165, 1.54) is 0 Å². The SMILES string of the molecule is CC(C)CN1CCN(C(=O)c2ccc(CN3CCCC(C(F)(F)F)C3)cc2)CC1. The van der Waals surface area contributed by atoms with E-state index < -0.39 is 12.1 Å². The van der Waals surface area contributed by atoms with Crippen molar-refractivity contribution < 1.29 is 18.0 Å². The number of piperazine rings is 1. The highest BCUT2D eigenvalue weighted by Gasteiger charge is 2.41. The second-order valence-electron chi connectivity index (χ2n) is 8.80. The minimum atomic E-state index is -4.12. The van der Waals surface area contributed by atoms with E-state index in [4.69, 9.17) is 0 Å². The van der Waals surface area contributed by atoms with Crippen LogP contribution in [0, 0.1) is 11.8 Å². The second kappa shape index (κ2) is 9.47. The van der Waals surface area contributed by atoms with Crippen LogP contribution in [0.25, 0.3) is 0 Å². The summed E-state index contributed by atoms with van der Waals surface area (Å²) in [5.74, 6) is -0.571. The molecule has 2 heterocycles. The Labute approximate surface area is 171 Å². The third-order valence-corrected chi connectivity index (χ3v) is 5.86. The van der Waals surface area contributed by atoms with Gasteiger partial charge in [0.2, 0.25) is 0 Å². The molecule has 7 heteroatoms.